The summed E-state index contributed by atoms with van der Waals surface area (Å²) in [5, 5.41) is 29.1. The highest BCUT2D eigenvalue weighted by Crippen LogP contribution is 2.24. The third-order valence-corrected chi connectivity index (χ3v) is 3.36. The summed E-state index contributed by atoms with van der Waals surface area (Å²) in [7, 11) is 0. The molecule has 0 aromatic carbocycles. The summed E-state index contributed by atoms with van der Waals surface area (Å²) in [6, 6.07) is 0. The van der Waals surface area contributed by atoms with Gasteiger partial charge in [-0.05, 0) is 6.42 Å². The SMILES string of the molecule is C#CCCOC1O[C@H](CCS(=O)O)[C@@H](O)[C@H](O)[C@@H]1O. The standard InChI is InChI=1S/C11H18O7S/c1-2-3-5-17-11-10(14)9(13)8(12)7(18-11)4-6-19(15)16/h1,7-14H,3-6H2,(H,15,16)/t7-,8-,9+,10+,11?/m1/s1. The second-order valence-corrected chi connectivity index (χ2v) is 5.21. The number of terminal acetylenes is 1. The molecule has 4 N–H and O–H groups in total. The molecule has 0 bridgehead atoms. The fourth-order valence-corrected chi connectivity index (χ4v) is 2.18. The number of aliphatic hydroxyl groups is 3. The predicted octanol–water partition coefficient (Wildman–Crippen LogP) is -1.55. The molecule has 0 spiro atoms. The van der Waals surface area contributed by atoms with E-state index in [-0.39, 0.29) is 18.8 Å². The van der Waals surface area contributed by atoms with Gasteiger partial charge >= 0.3 is 0 Å². The summed E-state index contributed by atoms with van der Waals surface area (Å²) >= 11 is -2.02. The van der Waals surface area contributed by atoms with Crippen LogP contribution in [0.2, 0.25) is 0 Å². The van der Waals surface area contributed by atoms with E-state index in [2.05, 4.69) is 5.92 Å². The van der Waals surface area contributed by atoms with Crippen molar-refractivity contribution < 1.29 is 33.6 Å². The summed E-state index contributed by atoms with van der Waals surface area (Å²) in [4.78, 5) is 0. The second-order valence-electron chi connectivity index (χ2n) is 4.15. The van der Waals surface area contributed by atoms with Gasteiger partial charge in [0.2, 0.25) is 0 Å². The van der Waals surface area contributed by atoms with Gasteiger partial charge in [0.15, 0.2) is 17.4 Å². The van der Waals surface area contributed by atoms with Crippen LogP contribution in [-0.4, -0.2) is 67.1 Å². The van der Waals surface area contributed by atoms with Crippen molar-refractivity contribution in [3.63, 3.8) is 0 Å². The number of hydrogen-bond donors (Lipinski definition) is 4. The van der Waals surface area contributed by atoms with Gasteiger partial charge in [0.25, 0.3) is 0 Å². The van der Waals surface area contributed by atoms with E-state index < -0.39 is 41.8 Å². The minimum absolute atomic E-state index is 0.0586. The van der Waals surface area contributed by atoms with Crippen LogP contribution in [0.3, 0.4) is 0 Å². The number of ether oxygens (including phenoxy) is 2. The molecule has 2 unspecified atom stereocenters. The molecular weight excluding hydrogens is 276 g/mol. The van der Waals surface area contributed by atoms with Crippen LogP contribution in [-0.2, 0) is 20.6 Å². The smallest absolute Gasteiger partial charge is 0.186 e. The first-order valence-electron chi connectivity index (χ1n) is 5.79. The third kappa shape index (κ3) is 4.81. The maximum absolute atomic E-state index is 10.6. The van der Waals surface area contributed by atoms with Gasteiger partial charge in [-0.1, -0.05) is 0 Å². The second kappa shape index (κ2) is 7.91. The fourth-order valence-electron chi connectivity index (χ4n) is 1.74. The molecule has 110 valence electrons. The molecule has 1 rings (SSSR count). The lowest BCUT2D eigenvalue weighted by molar-refractivity contribution is -0.296. The van der Waals surface area contributed by atoms with Gasteiger partial charge in [-0.25, -0.2) is 4.21 Å². The van der Waals surface area contributed by atoms with Gasteiger partial charge in [-0.3, -0.25) is 0 Å². The molecule has 8 heteroatoms. The third-order valence-electron chi connectivity index (χ3n) is 2.77. The van der Waals surface area contributed by atoms with Crippen molar-refractivity contribution >= 4 is 11.1 Å². The Morgan fingerprint density at radius 3 is 2.53 bits per heavy atom. The monoisotopic (exact) mass is 294 g/mol. The zero-order valence-electron chi connectivity index (χ0n) is 10.2. The number of rotatable bonds is 6. The molecule has 0 saturated carbocycles. The van der Waals surface area contributed by atoms with E-state index in [1.165, 1.54) is 0 Å². The van der Waals surface area contributed by atoms with Crippen molar-refractivity contribution in [1.29, 1.82) is 0 Å². The molecule has 7 nitrogen and oxygen atoms in total. The Hall–Kier alpha value is -0.530. The first-order valence-corrected chi connectivity index (χ1v) is 7.07. The predicted molar refractivity (Wildman–Crippen MR) is 66.3 cm³/mol. The minimum Gasteiger partial charge on any atom is -0.388 e. The van der Waals surface area contributed by atoms with Crippen molar-refractivity contribution in [2.75, 3.05) is 12.4 Å². The van der Waals surface area contributed by atoms with E-state index in [0.29, 0.717) is 6.42 Å². The lowest BCUT2D eigenvalue weighted by Gasteiger charge is -2.40. The van der Waals surface area contributed by atoms with Crippen LogP contribution >= 0.6 is 0 Å². The molecule has 19 heavy (non-hydrogen) atoms. The van der Waals surface area contributed by atoms with Crippen molar-refractivity contribution in [2.45, 2.75) is 43.5 Å². The van der Waals surface area contributed by atoms with Crippen LogP contribution in [0.25, 0.3) is 0 Å². The maximum Gasteiger partial charge on any atom is 0.186 e. The topological polar surface area (TPSA) is 116 Å². The Labute approximate surface area is 113 Å². The lowest BCUT2D eigenvalue weighted by Crippen LogP contribution is -2.58. The molecule has 1 saturated heterocycles. The van der Waals surface area contributed by atoms with E-state index in [4.69, 9.17) is 20.4 Å². The first-order chi connectivity index (χ1) is 8.97. The Balaban J connectivity index is 2.57. The average Bonchev–Trinajstić information content (AvgIpc) is 2.37. The van der Waals surface area contributed by atoms with Gasteiger partial charge < -0.3 is 29.3 Å². The van der Waals surface area contributed by atoms with Crippen LogP contribution in [0.5, 0.6) is 0 Å². The molecule has 6 atom stereocenters. The Morgan fingerprint density at radius 2 is 1.95 bits per heavy atom. The van der Waals surface area contributed by atoms with Crippen LogP contribution in [0.4, 0.5) is 0 Å². The summed E-state index contributed by atoms with van der Waals surface area (Å²) in [6.45, 7) is 0.139. The quantitative estimate of drug-likeness (QED) is 0.266. The Kier molecular flexibility index (Phi) is 6.88. The van der Waals surface area contributed by atoms with E-state index in [1.807, 2.05) is 0 Å². The van der Waals surface area contributed by atoms with Crippen molar-refractivity contribution in [3.8, 4) is 12.3 Å². The van der Waals surface area contributed by atoms with Gasteiger partial charge in [-0.2, -0.15) is 0 Å². The molecule has 0 amide bonds. The van der Waals surface area contributed by atoms with Crippen LogP contribution in [0.1, 0.15) is 12.8 Å². The summed E-state index contributed by atoms with van der Waals surface area (Å²) in [5.74, 6) is 2.24. The molecule has 1 aliphatic heterocycles. The molecular formula is C11H18O7S. The summed E-state index contributed by atoms with van der Waals surface area (Å²) < 4.78 is 29.7. The first kappa shape index (κ1) is 16.5. The van der Waals surface area contributed by atoms with Crippen molar-refractivity contribution in [3.05, 3.63) is 0 Å². The van der Waals surface area contributed by atoms with Crippen LogP contribution < -0.4 is 0 Å². The zero-order valence-corrected chi connectivity index (χ0v) is 11.0. The number of hydrogen-bond acceptors (Lipinski definition) is 6. The summed E-state index contributed by atoms with van der Waals surface area (Å²) in [6.07, 6.45) is -0.762. The fraction of sp³-hybridized carbons (Fsp3) is 0.818. The highest BCUT2D eigenvalue weighted by Gasteiger charge is 2.43. The largest absolute Gasteiger partial charge is 0.388 e. The lowest BCUT2D eigenvalue weighted by atomic mass is 9.97. The average molecular weight is 294 g/mol. The van der Waals surface area contributed by atoms with Gasteiger partial charge in [0.05, 0.1) is 18.5 Å². The molecule has 1 fully saturated rings. The molecule has 1 heterocycles. The molecule has 0 aromatic heterocycles. The van der Waals surface area contributed by atoms with E-state index in [0.717, 1.165) is 0 Å². The van der Waals surface area contributed by atoms with Crippen LogP contribution in [0.15, 0.2) is 0 Å². The van der Waals surface area contributed by atoms with E-state index in [9.17, 15) is 19.5 Å². The Morgan fingerprint density at radius 1 is 1.26 bits per heavy atom. The van der Waals surface area contributed by atoms with Crippen LogP contribution in [0, 0.1) is 12.3 Å². The molecule has 1 aliphatic rings. The highest BCUT2D eigenvalue weighted by molar-refractivity contribution is 7.79. The van der Waals surface area contributed by atoms with E-state index >= 15 is 0 Å². The van der Waals surface area contributed by atoms with Gasteiger partial charge in [0, 0.05) is 6.42 Å². The van der Waals surface area contributed by atoms with Crippen molar-refractivity contribution in [1.82, 2.24) is 0 Å². The van der Waals surface area contributed by atoms with Gasteiger partial charge in [0.1, 0.15) is 18.3 Å². The van der Waals surface area contributed by atoms with Gasteiger partial charge in [-0.15, -0.1) is 12.3 Å². The number of aliphatic hydroxyl groups excluding tert-OH is 3. The maximum atomic E-state index is 10.6. The summed E-state index contributed by atoms with van der Waals surface area (Å²) in [5.41, 5.74) is 0. The highest BCUT2D eigenvalue weighted by atomic mass is 32.2. The van der Waals surface area contributed by atoms with Crippen molar-refractivity contribution in [2.24, 2.45) is 0 Å². The molecule has 0 radical (unpaired) electrons. The zero-order chi connectivity index (χ0) is 14.4. The molecule has 0 aromatic rings. The normalized spacial score (nSPS) is 36.7. The minimum atomic E-state index is -2.02. The molecule has 0 aliphatic carbocycles. The Bertz CT molecular complexity index is 342. The van der Waals surface area contributed by atoms with E-state index in [1.54, 1.807) is 0 Å².